The Morgan fingerprint density at radius 2 is 2.07 bits per heavy atom. The predicted molar refractivity (Wildman–Crippen MR) is 55.4 cm³/mol. The molecule has 0 aromatic rings. The zero-order valence-electron chi connectivity index (χ0n) is 9.07. The van der Waals surface area contributed by atoms with Crippen LogP contribution >= 0.6 is 0 Å². The Morgan fingerprint density at radius 1 is 1.50 bits per heavy atom. The molecule has 1 aliphatic heterocycles. The van der Waals surface area contributed by atoms with E-state index in [9.17, 15) is 4.79 Å². The number of aliphatic carboxylic acids is 1. The second kappa shape index (κ2) is 5.32. The van der Waals surface area contributed by atoms with Gasteiger partial charge in [-0.2, -0.15) is 0 Å². The van der Waals surface area contributed by atoms with Crippen LogP contribution in [0.1, 0.15) is 19.8 Å². The van der Waals surface area contributed by atoms with Gasteiger partial charge in [0.2, 0.25) is 0 Å². The van der Waals surface area contributed by atoms with Gasteiger partial charge in [-0.05, 0) is 39.5 Å². The number of rotatable bonds is 4. The lowest BCUT2D eigenvalue weighted by atomic mass is 10.0. The molecule has 1 N–H and O–H groups in total. The number of hydrogen-bond acceptors (Lipinski definition) is 3. The number of likely N-dealkylation sites (N-methyl/N-ethyl adjacent to an activating group) is 1. The Hall–Kier alpha value is -0.610. The van der Waals surface area contributed by atoms with Crippen molar-refractivity contribution in [2.24, 2.45) is 0 Å². The third kappa shape index (κ3) is 3.27. The summed E-state index contributed by atoms with van der Waals surface area (Å²) in [5, 5.41) is 8.75. The smallest absolute Gasteiger partial charge is 0.317 e. The van der Waals surface area contributed by atoms with Crippen LogP contribution in [0.15, 0.2) is 0 Å². The molecule has 1 aliphatic rings. The van der Waals surface area contributed by atoms with Crippen LogP contribution in [0.5, 0.6) is 0 Å². The highest BCUT2D eigenvalue weighted by molar-refractivity contribution is 5.69. The highest BCUT2D eigenvalue weighted by atomic mass is 16.4. The van der Waals surface area contributed by atoms with Crippen molar-refractivity contribution in [1.82, 2.24) is 9.80 Å². The van der Waals surface area contributed by atoms with Gasteiger partial charge < -0.3 is 10.0 Å². The summed E-state index contributed by atoms with van der Waals surface area (Å²) in [4.78, 5) is 15.0. The van der Waals surface area contributed by atoms with E-state index in [1.54, 1.807) is 0 Å². The van der Waals surface area contributed by atoms with E-state index in [2.05, 4.69) is 16.8 Å². The molecule has 0 aliphatic carbocycles. The lowest BCUT2D eigenvalue weighted by Gasteiger charge is -2.35. The molecule has 0 aromatic carbocycles. The molecule has 1 heterocycles. The third-order valence-corrected chi connectivity index (χ3v) is 2.95. The number of piperidine rings is 1. The number of carbonyl (C=O) groups is 1. The molecule has 0 saturated carbocycles. The van der Waals surface area contributed by atoms with Crippen molar-refractivity contribution in [3.8, 4) is 0 Å². The fourth-order valence-electron chi connectivity index (χ4n) is 2.03. The monoisotopic (exact) mass is 200 g/mol. The molecular weight excluding hydrogens is 180 g/mol. The molecule has 4 nitrogen and oxygen atoms in total. The largest absolute Gasteiger partial charge is 0.480 e. The van der Waals surface area contributed by atoms with Gasteiger partial charge in [0.25, 0.3) is 0 Å². The van der Waals surface area contributed by atoms with E-state index in [1.165, 1.54) is 0 Å². The SMILES string of the molecule is CCN(CC(=O)O)C1CCN(C)CC1. The molecule has 0 unspecified atom stereocenters. The van der Waals surface area contributed by atoms with Gasteiger partial charge in [-0.3, -0.25) is 9.69 Å². The molecule has 0 spiro atoms. The summed E-state index contributed by atoms with van der Waals surface area (Å²) in [6.45, 7) is 5.22. The first-order chi connectivity index (χ1) is 6.63. The van der Waals surface area contributed by atoms with Gasteiger partial charge in [0, 0.05) is 6.04 Å². The summed E-state index contributed by atoms with van der Waals surface area (Å²) < 4.78 is 0. The Balaban J connectivity index is 2.40. The average molecular weight is 200 g/mol. The molecule has 0 atom stereocenters. The first-order valence-corrected chi connectivity index (χ1v) is 5.28. The van der Waals surface area contributed by atoms with E-state index in [0.29, 0.717) is 6.04 Å². The second-order valence-electron chi connectivity index (χ2n) is 3.99. The van der Waals surface area contributed by atoms with Crippen LogP contribution in [0.3, 0.4) is 0 Å². The molecule has 0 bridgehead atoms. The lowest BCUT2D eigenvalue weighted by molar-refractivity contribution is -0.139. The summed E-state index contributed by atoms with van der Waals surface area (Å²) in [7, 11) is 2.11. The number of likely N-dealkylation sites (tertiary alicyclic amines) is 1. The molecule has 1 fully saturated rings. The number of hydrogen-bond donors (Lipinski definition) is 1. The molecule has 1 rings (SSSR count). The van der Waals surface area contributed by atoms with Crippen LogP contribution in [0.2, 0.25) is 0 Å². The van der Waals surface area contributed by atoms with E-state index < -0.39 is 5.97 Å². The van der Waals surface area contributed by atoms with Crippen LogP contribution in [0, 0.1) is 0 Å². The Kier molecular flexibility index (Phi) is 4.35. The topological polar surface area (TPSA) is 43.8 Å². The van der Waals surface area contributed by atoms with E-state index in [1.807, 2.05) is 6.92 Å². The first-order valence-electron chi connectivity index (χ1n) is 5.28. The molecule has 1 saturated heterocycles. The highest BCUT2D eigenvalue weighted by Gasteiger charge is 2.23. The van der Waals surface area contributed by atoms with Gasteiger partial charge in [-0.15, -0.1) is 0 Å². The maximum Gasteiger partial charge on any atom is 0.317 e. The van der Waals surface area contributed by atoms with Crippen molar-refractivity contribution in [1.29, 1.82) is 0 Å². The third-order valence-electron chi connectivity index (χ3n) is 2.95. The normalized spacial score (nSPS) is 20.2. The van der Waals surface area contributed by atoms with Crippen molar-refractivity contribution in [2.45, 2.75) is 25.8 Å². The quantitative estimate of drug-likeness (QED) is 0.717. The summed E-state index contributed by atoms with van der Waals surface area (Å²) in [6, 6.07) is 0.465. The van der Waals surface area contributed by atoms with Crippen molar-refractivity contribution in [2.75, 3.05) is 33.2 Å². The number of nitrogens with zero attached hydrogens (tertiary/aromatic N) is 2. The van der Waals surface area contributed by atoms with Crippen molar-refractivity contribution in [3.63, 3.8) is 0 Å². The summed E-state index contributed by atoms with van der Waals surface area (Å²) in [6.07, 6.45) is 2.19. The van der Waals surface area contributed by atoms with Crippen LogP contribution in [-0.4, -0.2) is 60.1 Å². The minimum atomic E-state index is -0.717. The van der Waals surface area contributed by atoms with Gasteiger partial charge in [0.05, 0.1) is 6.54 Å². The van der Waals surface area contributed by atoms with Crippen LogP contribution < -0.4 is 0 Å². The van der Waals surface area contributed by atoms with Crippen molar-refractivity contribution in [3.05, 3.63) is 0 Å². The maximum atomic E-state index is 10.6. The Morgan fingerprint density at radius 3 is 2.50 bits per heavy atom. The maximum absolute atomic E-state index is 10.6. The molecule has 82 valence electrons. The van der Waals surface area contributed by atoms with Crippen molar-refractivity contribution >= 4 is 5.97 Å². The van der Waals surface area contributed by atoms with Crippen LogP contribution in [-0.2, 0) is 4.79 Å². The summed E-state index contributed by atoms with van der Waals surface area (Å²) in [5.41, 5.74) is 0. The molecule has 4 heteroatoms. The first kappa shape index (κ1) is 11.5. The molecule has 0 amide bonds. The van der Waals surface area contributed by atoms with Gasteiger partial charge >= 0.3 is 5.97 Å². The van der Waals surface area contributed by atoms with Gasteiger partial charge in [-0.1, -0.05) is 6.92 Å². The van der Waals surface area contributed by atoms with E-state index in [0.717, 1.165) is 32.5 Å². The summed E-state index contributed by atoms with van der Waals surface area (Å²) >= 11 is 0. The second-order valence-corrected chi connectivity index (χ2v) is 3.99. The molecule has 0 radical (unpaired) electrons. The Labute approximate surface area is 85.5 Å². The zero-order chi connectivity index (χ0) is 10.6. The van der Waals surface area contributed by atoms with E-state index in [4.69, 9.17) is 5.11 Å². The lowest BCUT2D eigenvalue weighted by Crippen LogP contribution is -2.45. The van der Waals surface area contributed by atoms with Crippen LogP contribution in [0.4, 0.5) is 0 Å². The van der Waals surface area contributed by atoms with E-state index >= 15 is 0 Å². The fourth-order valence-corrected chi connectivity index (χ4v) is 2.03. The van der Waals surface area contributed by atoms with Crippen LogP contribution in [0.25, 0.3) is 0 Å². The van der Waals surface area contributed by atoms with Gasteiger partial charge in [0.1, 0.15) is 0 Å². The zero-order valence-corrected chi connectivity index (χ0v) is 9.07. The molecule has 14 heavy (non-hydrogen) atoms. The fraction of sp³-hybridized carbons (Fsp3) is 0.900. The van der Waals surface area contributed by atoms with Crippen molar-refractivity contribution < 1.29 is 9.90 Å². The highest BCUT2D eigenvalue weighted by Crippen LogP contribution is 2.14. The molecular formula is C10H20N2O2. The number of carboxylic acid groups (broad SMARTS) is 1. The minimum Gasteiger partial charge on any atom is -0.480 e. The predicted octanol–water partition coefficient (Wildman–Crippen LogP) is 0.487. The average Bonchev–Trinajstić information content (AvgIpc) is 2.15. The Bertz CT molecular complexity index is 189. The van der Waals surface area contributed by atoms with E-state index in [-0.39, 0.29) is 6.54 Å². The standard InChI is InChI=1S/C10H20N2O2/c1-3-12(8-10(13)14)9-4-6-11(2)7-5-9/h9H,3-8H2,1-2H3,(H,13,14). The van der Waals surface area contributed by atoms with Gasteiger partial charge in [-0.25, -0.2) is 0 Å². The molecule has 0 aromatic heterocycles. The van der Waals surface area contributed by atoms with Gasteiger partial charge in [0.15, 0.2) is 0 Å². The number of carboxylic acids is 1. The minimum absolute atomic E-state index is 0.185. The summed E-state index contributed by atoms with van der Waals surface area (Å²) in [5.74, 6) is -0.717.